The van der Waals surface area contributed by atoms with Gasteiger partial charge in [0.25, 0.3) is 0 Å². The Morgan fingerprint density at radius 2 is 1.88 bits per heavy atom. The lowest BCUT2D eigenvalue weighted by Crippen LogP contribution is -2.45. The second kappa shape index (κ2) is 5.53. The summed E-state index contributed by atoms with van der Waals surface area (Å²) in [6, 6.07) is 8.75. The number of piperidine rings is 1. The molecule has 1 fully saturated rings. The molecule has 1 saturated heterocycles. The molecular weight excluding hydrogens is 318 g/mol. The fraction of sp³-hybridized carbons (Fsp3) is 0.429. The topological polar surface area (TPSA) is 6.48 Å². The lowest BCUT2D eigenvalue weighted by Gasteiger charge is -2.38. The van der Waals surface area contributed by atoms with Crippen LogP contribution in [0.1, 0.15) is 29.9 Å². The molecule has 130 valence electrons. The Labute approximate surface area is 147 Å². The maximum absolute atomic E-state index is 14.4. The summed E-state index contributed by atoms with van der Waals surface area (Å²) in [5.74, 6) is -0.509. The number of rotatable bonds is 1. The third-order valence-electron chi connectivity index (χ3n) is 6.18. The van der Waals surface area contributed by atoms with E-state index >= 15 is 0 Å². The molecule has 0 saturated carbocycles. The summed E-state index contributed by atoms with van der Waals surface area (Å²) in [5, 5.41) is 0. The van der Waals surface area contributed by atoms with E-state index in [1.165, 1.54) is 41.4 Å². The van der Waals surface area contributed by atoms with Crippen molar-refractivity contribution < 1.29 is 8.78 Å². The maximum atomic E-state index is 14.4. The number of benzene rings is 2. The standard InChI is InChI=1S/C21H22F2N2/c1-24-9-7-19-16(12-24)15-11-14(20-17(22)5-2-6-18(20)23)10-13-4-3-8-25(19)21(13)15/h2,5-6,10-11,16,19H,3-4,7-9,12H2,1H3/t16-,19-/m1/s1. The molecule has 2 atom stereocenters. The van der Waals surface area contributed by atoms with Crippen LogP contribution in [0.3, 0.4) is 0 Å². The first-order valence-electron chi connectivity index (χ1n) is 9.20. The fourth-order valence-electron chi connectivity index (χ4n) is 5.13. The molecule has 0 aliphatic carbocycles. The van der Waals surface area contributed by atoms with Crippen LogP contribution in [0.2, 0.25) is 0 Å². The van der Waals surface area contributed by atoms with Crippen molar-refractivity contribution in [3.63, 3.8) is 0 Å². The number of anilines is 1. The predicted octanol–water partition coefficient (Wildman–Crippen LogP) is 4.19. The average molecular weight is 340 g/mol. The summed E-state index contributed by atoms with van der Waals surface area (Å²) in [6.07, 6.45) is 3.28. The molecule has 0 radical (unpaired) electrons. The van der Waals surface area contributed by atoms with E-state index in [1.807, 2.05) is 6.07 Å². The molecule has 25 heavy (non-hydrogen) atoms. The van der Waals surface area contributed by atoms with Crippen molar-refractivity contribution in [2.24, 2.45) is 0 Å². The summed E-state index contributed by atoms with van der Waals surface area (Å²) >= 11 is 0. The molecule has 2 nitrogen and oxygen atoms in total. The molecule has 0 spiro atoms. The van der Waals surface area contributed by atoms with Gasteiger partial charge in [0.1, 0.15) is 11.6 Å². The number of nitrogens with zero attached hydrogens (tertiary/aromatic N) is 2. The Morgan fingerprint density at radius 3 is 2.68 bits per heavy atom. The van der Waals surface area contributed by atoms with Crippen molar-refractivity contribution in [3.05, 3.63) is 53.1 Å². The van der Waals surface area contributed by atoms with Crippen molar-refractivity contribution in [1.29, 1.82) is 0 Å². The van der Waals surface area contributed by atoms with E-state index in [-0.39, 0.29) is 5.56 Å². The zero-order chi connectivity index (χ0) is 17.1. The van der Waals surface area contributed by atoms with Crippen molar-refractivity contribution >= 4 is 5.69 Å². The van der Waals surface area contributed by atoms with E-state index in [4.69, 9.17) is 0 Å². The van der Waals surface area contributed by atoms with Crippen LogP contribution in [0.25, 0.3) is 11.1 Å². The zero-order valence-corrected chi connectivity index (χ0v) is 14.4. The molecule has 2 aromatic rings. The van der Waals surface area contributed by atoms with Gasteiger partial charge in [-0.1, -0.05) is 6.07 Å². The summed E-state index contributed by atoms with van der Waals surface area (Å²) in [4.78, 5) is 4.95. The van der Waals surface area contributed by atoms with Crippen molar-refractivity contribution in [2.75, 3.05) is 31.6 Å². The Bertz CT molecular complexity index is 828. The van der Waals surface area contributed by atoms with Crippen molar-refractivity contribution in [2.45, 2.75) is 31.2 Å². The third-order valence-corrected chi connectivity index (χ3v) is 6.18. The number of likely N-dealkylation sites (tertiary alicyclic amines) is 1. The fourth-order valence-corrected chi connectivity index (χ4v) is 5.13. The van der Waals surface area contributed by atoms with Gasteiger partial charge in [-0.2, -0.15) is 0 Å². The first kappa shape index (κ1) is 15.3. The monoisotopic (exact) mass is 340 g/mol. The molecule has 0 amide bonds. The van der Waals surface area contributed by atoms with E-state index in [1.54, 1.807) is 0 Å². The summed E-state index contributed by atoms with van der Waals surface area (Å²) < 4.78 is 28.7. The first-order chi connectivity index (χ1) is 12.1. The largest absolute Gasteiger partial charge is 0.367 e. The highest BCUT2D eigenvalue weighted by Gasteiger charge is 2.43. The molecule has 0 N–H and O–H groups in total. The quantitative estimate of drug-likeness (QED) is 0.768. The van der Waals surface area contributed by atoms with E-state index in [0.29, 0.717) is 17.5 Å². The molecule has 3 heterocycles. The Balaban J connectivity index is 1.70. The number of fused-ring (bicyclic) bond motifs is 3. The smallest absolute Gasteiger partial charge is 0.133 e. The molecule has 5 rings (SSSR count). The van der Waals surface area contributed by atoms with Gasteiger partial charge in [0.2, 0.25) is 0 Å². The van der Waals surface area contributed by atoms with Gasteiger partial charge in [0.05, 0.1) is 5.56 Å². The molecule has 3 aliphatic heterocycles. The van der Waals surface area contributed by atoms with Gasteiger partial charge in [0, 0.05) is 30.7 Å². The van der Waals surface area contributed by atoms with Crippen LogP contribution in [0.15, 0.2) is 30.3 Å². The van der Waals surface area contributed by atoms with Gasteiger partial charge in [0.15, 0.2) is 0 Å². The van der Waals surface area contributed by atoms with Crippen LogP contribution in [0, 0.1) is 11.6 Å². The molecule has 2 aromatic carbocycles. The SMILES string of the molecule is CN1CC[C@@H]2[C@H](C1)c1cc(-c3c(F)cccc3F)cc3c1N2CCC3. The first-order valence-corrected chi connectivity index (χ1v) is 9.20. The van der Waals surface area contributed by atoms with Crippen molar-refractivity contribution in [1.82, 2.24) is 4.90 Å². The van der Waals surface area contributed by atoms with Gasteiger partial charge in [-0.3, -0.25) is 0 Å². The maximum Gasteiger partial charge on any atom is 0.133 e. The Hall–Kier alpha value is -1.94. The molecular formula is C21H22F2N2. The van der Waals surface area contributed by atoms with Gasteiger partial charge >= 0.3 is 0 Å². The second-order valence-corrected chi connectivity index (χ2v) is 7.69. The van der Waals surface area contributed by atoms with Gasteiger partial charge in [-0.25, -0.2) is 8.78 Å². The molecule has 4 heteroatoms. The highest BCUT2D eigenvalue weighted by atomic mass is 19.1. The van der Waals surface area contributed by atoms with Gasteiger partial charge < -0.3 is 9.80 Å². The van der Waals surface area contributed by atoms with Crippen molar-refractivity contribution in [3.8, 4) is 11.1 Å². The Kier molecular flexibility index (Phi) is 3.39. The van der Waals surface area contributed by atoms with E-state index in [0.717, 1.165) is 32.5 Å². The van der Waals surface area contributed by atoms with Gasteiger partial charge in [-0.15, -0.1) is 0 Å². The summed E-state index contributed by atoms with van der Waals surface area (Å²) in [7, 11) is 2.17. The van der Waals surface area contributed by atoms with E-state index < -0.39 is 11.6 Å². The third kappa shape index (κ3) is 2.23. The van der Waals surface area contributed by atoms with Crippen LogP contribution in [-0.2, 0) is 6.42 Å². The summed E-state index contributed by atoms with van der Waals surface area (Å²) in [6.45, 7) is 3.25. The summed E-state index contributed by atoms with van der Waals surface area (Å²) in [5.41, 5.74) is 4.73. The number of aryl methyl sites for hydroxylation is 1. The molecule has 3 aliphatic rings. The van der Waals surface area contributed by atoms with Crippen LogP contribution in [-0.4, -0.2) is 37.6 Å². The van der Waals surface area contributed by atoms with E-state index in [2.05, 4.69) is 22.9 Å². The predicted molar refractivity (Wildman–Crippen MR) is 96.1 cm³/mol. The van der Waals surface area contributed by atoms with Crippen LogP contribution in [0.5, 0.6) is 0 Å². The number of halogens is 2. The highest BCUT2D eigenvalue weighted by molar-refractivity contribution is 5.77. The van der Waals surface area contributed by atoms with E-state index in [9.17, 15) is 8.78 Å². The minimum atomic E-state index is -0.477. The van der Waals surface area contributed by atoms with Gasteiger partial charge in [-0.05, 0) is 73.8 Å². The average Bonchev–Trinajstić information content (AvgIpc) is 2.90. The molecule has 0 bridgehead atoms. The minimum Gasteiger partial charge on any atom is -0.367 e. The second-order valence-electron chi connectivity index (χ2n) is 7.69. The molecule has 0 unspecified atom stereocenters. The lowest BCUT2D eigenvalue weighted by molar-refractivity contribution is 0.231. The number of likely N-dealkylation sites (N-methyl/N-ethyl adjacent to an activating group) is 1. The normalized spacial score (nSPS) is 25.0. The Morgan fingerprint density at radius 1 is 1.08 bits per heavy atom. The zero-order valence-electron chi connectivity index (χ0n) is 14.4. The van der Waals surface area contributed by atoms with Crippen LogP contribution >= 0.6 is 0 Å². The molecule has 0 aromatic heterocycles. The highest BCUT2D eigenvalue weighted by Crippen LogP contribution is 2.50. The van der Waals surface area contributed by atoms with Crippen LogP contribution < -0.4 is 4.90 Å². The lowest BCUT2D eigenvalue weighted by atomic mass is 9.87. The minimum absolute atomic E-state index is 0.117. The van der Waals surface area contributed by atoms with Crippen LogP contribution in [0.4, 0.5) is 14.5 Å². The number of hydrogen-bond donors (Lipinski definition) is 0. The number of hydrogen-bond acceptors (Lipinski definition) is 2.